The molecule has 33 heavy (non-hydrogen) atoms. The first kappa shape index (κ1) is 20.9. The number of aromatic nitrogens is 4. The molecule has 0 N–H and O–H groups in total. The highest BCUT2D eigenvalue weighted by Crippen LogP contribution is 2.26. The third kappa shape index (κ3) is 3.75. The quantitative estimate of drug-likeness (QED) is 0.253. The predicted molar refractivity (Wildman–Crippen MR) is 127 cm³/mol. The normalized spacial score (nSPS) is 11.1. The summed E-state index contributed by atoms with van der Waals surface area (Å²) in [6.07, 6.45) is 1.43. The maximum atomic E-state index is 13.6. The molecule has 0 saturated carbocycles. The fourth-order valence-corrected chi connectivity index (χ4v) is 3.75. The molecule has 0 atom stereocenters. The van der Waals surface area contributed by atoms with Crippen LogP contribution < -0.4 is 5.56 Å². The number of halogens is 2. The van der Waals surface area contributed by atoms with E-state index < -0.39 is 4.92 Å². The van der Waals surface area contributed by atoms with Crippen molar-refractivity contribution in [2.75, 3.05) is 0 Å². The second kappa shape index (κ2) is 8.16. The maximum Gasteiger partial charge on any atom is 0.269 e. The lowest BCUT2D eigenvalue weighted by Crippen LogP contribution is -2.22. The Hall–Kier alpha value is -4.01. The van der Waals surface area contributed by atoms with Gasteiger partial charge in [0.2, 0.25) is 0 Å². The van der Waals surface area contributed by atoms with E-state index in [2.05, 4.69) is 5.10 Å². The van der Waals surface area contributed by atoms with E-state index in [1.54, 1.807) is 60.7 Å². The number of benzene rings is 3. The van der Waals surface area contributed by atoms with Crippen LogP contribution in [-0.4, -0.2) is 24.3 Å². The number of nitro benzene ring substituents is 1. The van der Waals surface area contributed by atoms with E-state index >= 15 is 0 Å². The van der Waals surface area contributed by atoms with Gasteiger partial charge in [-0.05, 0) is 60.7 Å². The van der Waals surface area contributed by atoms with Crippen LogP contribution >= 0.6 is 23.2 Å². The molecular formula is C23H13Cl2N5O3. The highest BCUT2D eigenvalue weighted by molar-refractivity contribution is 6.30. The van der Waals surface area contributed by atoms with Gasteiger partial charge in [-0.15, -0.1) is 0 Å². The Morgan fingerprint density at radius 2 is 1.39 bits per heavy atom. The Kier molecular flexibility index (Phi) is 5.16. The summed E-state index contributed by atoms with van der Waals surface area (Å²) in [7, 11) is 0. The monoisotopic (exact) mass is 477 g/mol. The van der Waals surface area contributed by atoms with Crippen LogP contribution in [0.15, 0.2) is 83.8 Å². The predicted octanol–water partition coefficient (Wildman–Crippen LogP) is 5.45. The van der Waals surface area contributed by atoms with E-state index in [1.165, 1.54) is 27.6 Å². The van der Waals surface area contributed by atoms with E-state index in [-0.39, 0.29) is 11.2 Å². The number of rotatable bonds is 4. The Morgan fingerprint density at radius 1 is 0.818 bits per heavy atom. The molecule has 2 aromatic heterocycles. The van der Waals surface area contributed by atoms with Crippen molar-refractivity contribution in [3.05, 3.63) is 110 Å². The van der Waals surface area contributed by atoms with Crippen LogP contribution in [0.25, 0.3) is 33.8 Å². The molecule has 8 nitrogen and oxygen atoms in total. The zero-order chi connectivity index (χ0) is 23.1. The van der Waals surface area contributed by atoms with Crippen LogP contribution in [0.4, 0.5) is 5.69 Å². The summed E-state index contributed by atoms with van der Waals surface area (Å²) in [6, 6.07) is 19.7. The highest BCUT2D eigenvalue weighted by Gasteiger charge is 2.19. The van der Waals surface area contributed by atoms with Gasteiger partial charge in [-0.2, -0.15) is 5.10 Å². The van der Waals surface area contributed by atoms with Gasteiger partial charge in [0.1, 0.15) is 11.2 Å². The number of nitrogens with zero attached hydrogens (tertiary/aromatic N) is 5. The molecular weight excluding hydrogens is 465 g/mol. The van der Waals surface area contributed by atoms with Crippen LogP contribution in [0.2, 0.25) is 10.0 Å². The number of hydrogen-bond acceptors (Lipinski definition) is 5. The van der Waals surface area contributed by atoms with Gasteiger partial charge < -0.3 is 0 Å². The van der Waals surface area contributed by atoms with E-state index in [0.29, 0.717) is 43.8 Å². The Balaban J connectivity index is 1.78. The number of nitro groups is 1. The van der Waals surface area contributed by atoms with Gasteiger partial charge >= 0.3 is 0 Å². The zero-order valence-electron chi connectivity index (χ0n) is 16.7. The average Bonchev–Trinajstić information content (AvgIpc) is 3.25. The summed E-state index contributed by atoms with van der Waals surface area (Å²) in [4.78, 5) is 28.9. The molecule has 0 amide bonds. The van der Waals surface area contributed by atoms with Crippen molar-refractivity contribution >= 4 is 39.9 Å². The van der Waals surface area contributed by atoms with Crippen LogP contribution in [0.1, 0.15) is 0 Å². The Bertz CT molecular complexity index is 1560. The molecule has 5 aromatic rings. The molecule has 0 saturated heterocycles. The summed E-state index contributed by atoms with van der Waals surface area (Å²) >= 11 is 12.1. The van der Waals surface area contributed by atoms with Crippen molar-refractivity contribution in [3.63, 3.8) is 0 Å². The van der Waals surface area contributed by atoms with Crippen LogP contribution in [0.5, 0.6) is 0 Å². The second-order valence-electron chi connectivity index (χ2n) is 7.13. The van der Waals surface area contributed by atoms with E-state index in [0.717, 1.165) is 0 Å². The molecule has 0 aliphatic carbocycles. The minimum atomic E-state index is -0.480. The maximum absolute atomic E-state index is 13.6. The molecule has 2 heterocycles. The lowest BCUT2D eigenvalue weighted by atomic mass is 10.2. The third-order valence-electron chi connectivity index (χ3n) is 5.09. The average molecular weight is 478 g/mol. The van der Waals surface area contributed by atoms with Crippen LogP contribution in [0.3, 0.4) is 0 Å². The van der Waals surface area contributed by atoms with E-state index in [9.17, 15) is 14.9 Å². The third-order valence-corrected chi connectivity index (χ3v) is 5.60. The van der Waals surface area contributed by atoms with E-state index in [1.807, 2.05) is 0 Å². The first-order chi connectivity index (χ1) is 15.9. The zero-order valence-corrected chi connectivity index (χ0v) is 18.2. The summed E-state index contributed by atoms with van der Waals surface area (Å²) in [6.45, 7) is 0. The lowest BCUT2D eigenvalue weighted by Gasteiger charge is -2.13. The molecule has 0 radical (unpaired) electrons. The molecule has 0 fully saturated rings. The minimum absolute atomic E-state index is 0.0462. The molecule has 10 heteroatoms. The summed E-state index contributed by atoms with van der Waals surface area (Å²) in [5.74, 6) is 0.384. The van der Waals surface area contributed by atoms with Gasteiger partial charge in [0.25, 0.3) is 11.2 Å². The summed E-state index contributed by atoms with van der Waals surface area (Å²) in [5, 5.41) is 16.7. The number of non-ortho nitro benzene ring substituents is 1. The van der Waals surface area contributed by atoms with Crippen molar-refractivity contribution in [2.24, 2.45) is 0 Å². The van der Waals surface area contributed by atoms with Crippen molar-refractivity contribution in [2.45, 2.75) is 0 Å². The number of fused-ring (bicyclic) bond motifs is 1. The van der Waals surface area contributed by atoms with Gasteiger partial charge in [0.05, 0.1) is 22.5 Å². The summed E-state index contributed by atoms with van der Waals surface area (Å²) in [5.41, 5.74) is 1.75. The van der Waals surface area contributed by atoms with Gasteiger partial charge in [0, 0.05) is 27.7 Å². The molecule has 0 spiro atoms. The van der Waals surface area contributed by atoms with Crippen LogP contribution in [-0.2, 0) is 0 Å². The smallest absolute Gasteiger partial charge is 0.268 e. The fraction of sp³-hybridized carbons (Fsp3) is 0. The minimum Gasteiger partial charge on any atom is -0.268 e. The SMILES string of the molecule is O=c1c2cnn(-c3ccc([N+](=O)[O-])cc3)c2nc(-c2ccc(Cl)cc2)n1-c1ccc(Cl)cc1. The van der Waals surface area contributed by atoms with E-state index in [4.69, 9.17) is 28.2 Å². The highest BCUT2D eigenvalue weighted by atomic mass is 35.5. The molecule has 0 unspecified atom stereocenters. The van der Waals surface area contributed by atoms with Crippen molar-refractivity contribution in [1.82, 2.24) is 19.3 Å². The van der Waals surface area contributed by atoms with Crippen molar-refractivity contribution < 1.29 is 4.92 Å². The standard InChI is InChI=1S/C23H13Cl2N5O3/c24-15-3-1-14(2-4-15)21-27-22-20(23(31)28(21)17-7-5-16(25)6-8-17)13-26-29(22)18-9-11-19(12-10-18)30(32)33/h1-13H. The fourth-order valence-electron chi connectivity index (χ4n) is 3.49. The number of hydrogen-bond donors (Lipinski definition) is 0. The first-order valence-corrected chi connectivity index (χ1v) is 10.5. The first-order valence-electron chi connectivity index (χ1n) is 9.70. The van der Waals surface area contributed by atoms with Crippen molar-refractivity contribution in [3.8, 4) is 22.8 Å². The topological polar surface area (TPSA) is 95.8 Å². The van der Waals surface area contributed by atoms with Crippen LogP contribution in [0, 0.1) is 10.1 Å². The lowest BCUT2D eigenvalue weighted by molar-refractivity contribution is -0.384. The molecule has 0 aliphatic heterocycles. The van der Waals surface area contributed by atoms with Gasteiger partial charge in [-0.25, -0.2) is 9.67 Å². The molecule has 0 bridgehead atoms. The molecule has 162 valence electrons. The Labute approximate surface area is 196 Å². The van der Waals surface area contributed by atoms with Gasteiger partial charge in [-0.3, -0.25) is 19.5 Å². The summed E-state index contributed by atoms with van der Waals surface area (Å²) < 4.78 is 2.97. The second-order valence-corrected chi connectivity index (χ2v) is 8.00. The van der Waals surface area contributed by atoms with Crippen molar-refractivity contribution in [1.29, 1.82) is 0 Å². The largest absolute Gasteiger partial charge is 0.269 e. The van der Waals surface area contributed by atoms with Gasteiger partial charge in [-0.1, -0.05) is 23.2 Å². The molecule has 0 aliphatic rings. The molecule has 5 rings (SSSR count). The Morgan fingerprint density at radius 3 is 2.00 bits per heavy atom. The van der Waals surface area contributed by atoms with Gasteiger partial charge in [0.15, 0.2) is 5.65 Å². The molecule has 3 aromatic carbocycles.